The molecule has 6 nitrogen and oxygen atoms in total. The second-order valence-electron chi connectivity index (χ2n) is 3.38. The van der Waals surface area contributed by atoms with Gasteiger partial charge in [0.15, 0.2) is 5.82 Å². The first-order chi connectivity index (χ1) is 8.60. The van der Waals surface area contributed by atoms with Gasteiger partial charge in [0, 0.05) is 11.9 Å². The zero-order valence-electron chi connectivity index (χ0n) is 8.96. The summed E-state index contributed by atoms with van der Waals surface area (Å²) in [4.78, 5) is 10.4. The number of nitriles is 1. The quantitative estimate of drug-likeness (QED) is 0.847. The lowest BCUT2D eigenvalue weighted by atomic mass is 10.2. The predicted molar refractivity (Wildman–Crippen MR) is 59.9 cm³/mol. The lowest BCUT2D eigenvalue weighted by Gasteiger charge is -2.05. The van der Waals surface area contributed by atoms with E-state index in [2.05, 4.69) is 5.10 Å². The van der Waals surface area contributed by atoms with Crippen molar-refractivity contribution in [3.05, 3.63) is 42.0 Å². The largest absolute Gasteiger partial charge is 0.465 e. The van der Waals surface area contributed by atoms with Crippen molar-refractivity contribution in [2.24, 2.45) is 0 Å². The number of nitrogens with one attached hydrogen (secondary N) is 1. The highest BCUT2D eigenvalue weighted by Crippen LogP contribution is 2.18. The minimum absolute atomic E-state index is 0.122. The number of anilines is 1. The van der Waals surface area contributed by atoms with Crippen molar-refractivity contribution in [1.29, 1.82) is 5.26 Å². The van der Waals surface area contributed by atoms with E-state index in [4.69, 9.17) is 10.4 Å². The molecule has 1 aromatic heterocycles. The van der Waals surface area contributed by atoms with E-state index in [0.29, 0.717) is 5.56 Å². The highest BCUT2D eigenvalue weighted by atomic mass is 19.1. The Hall–Kier alpha value is -2.88. The molecule has 0 aliphatic rings. The zero-order valence-corrected chi connectivity index (χ0v) is 8.96. The Morgan fingerprint density at radius 2 is 2.33 bits per heavy atom. The maximum atomic E-state index is 13.7. The average molecular weight is 246 g/mol. The third kappa shape index (κ3) is 2.27. The van der Waals surface area contributed by atoms with Gasteiger partial charge in [0.2, 0.25) is 0 Å². The summed E-state index contributed by atoms with van der Waals surface area (Å²) in [6, 6.07) is 5.69. The van der Waals surface area contributed by atoms with Gasteiger partial charge in [-0.25, -0.2) is 13.9 Å². The van der Waals surface area contributed by atoms with Gasteiger partial charge in [-0.15, -0.1) is 0 Å². The van der Waals surface area contributed by atoms with Crippen LogP contribution in [0.3, 0.4) is 0 Å². The molecule has 1 heterocycles. The van der Waals surface area contributed by atoms with Gasteiger partial charge >= 0.3 is 6.09 Å². The first-order valence-corrected chi connectivity index (χ1v) is 4.85. The summed E-state index contributed by atoms with van der Waals surface area (Å²) in [6.07, 6.45) is 1.42. The molecule has 0 atom stereocenters. The average Bonchev–Trinajstić information content (AvgIpc) is 2.76. The Labute approximate surface area is 101 Å². The fourth-order valence-corrected chi connectivity index (χ4v) is 1.41. The molecule has 0 saturated heterocycles. The molecule has 2 aromatic rings. The fraction of sp³-hybridized carbons (Fsp3) is 0. The van der Waals surface area contributed by atoms with Crippen LogP contribution in [0.4, 0.5) is 14.9 Å². The third-order valence-electron chi connectivity index (χ3n) is 2.16. The molecule has 0 spiro atoms. The highest BCUT2D eigenvalue weighted by molar-refractivity contribution is 5.82. The first-order valence-electron chi connectivity index (χ1n) is 4.85. The van der Waals surface area contributed by atoms with Crippen LogP contribution < -0.4 is 5.32 Å². The van der Waals surface area contributed by atoms with Crippen LogP contribution in [0.1, 0.15) is 5.56 Å². The highest BCUT2D eigenvalue weighted by Gasteiger charge is 2.08. The lowest BCUT2D eigenvalue weighted by molar-refractivity contribution is 0.209. The van der Waals surface area contributed by atoms with Gasteiger partial charge in [-0.05, 0) is 18.2 Å². The number of rotatable bonds is 2. The van der Waals surface area contributed by atoms with Crippen LogP contribution in [-0.4, -0.2) is 21.0 Å². The zero-order chi connectivity index (χ0) is 13.1. The molecule has 0 aliphatic heterocycles. The number of benzene rings is 1. The maximum Gasteiger partial charge on any atom is 0.409 e. The molecule has 90 valence electrons. The minimum atomic E-state index is -1.27. The van der Waals surface area contributed by atoms with Gasteiger partial charge in [-0.1, -0.05) is 0 Å². The number of hydrogen-bond acceptors (Lipinski definition) is 3. The van der Waals surface area contributed by atoms with Gasteiger partial charge in [-0.3, -0.25) is 5.32 Å². The molecule has 0 fully saturated rings. The number of halogens is 1. The molecule has 0 saturated carbocycles. The Kier molecular flexibility index (Phi) is 2.93. The first kappa shape index (κ1) is 11.6. The van der Waals surface area contributed by atoms with Crippen LogP contribution in [0.5, 0.6) is 0 Å². The smallest absolute Gasteiger partial charge is 0.409 e. The summed E-state index contributed by atoms with van der Waals surface area (Å²) in [5.74, 6) is -0.645. The van der Waals surface area contributed by atoms with E-state index in [0.717, 1.165) is 6.07 Å². The van der Waals surface area contributed by atoms with Gasteiger partial charge in [0.1, 0.15) is 11.8 Å². The number of aromatic nitrogens is 2. The van der Waals surface area contributed by atoms with Crippen LogP contribution in [0.2, 0.25) is 0 Å². The van der Waals surface area contributed by atoms with Gasteiger partial charge in [0.25, 0.3) is 0 Å². The summed E-state index contributed by atoms with van der Waals surface area (Å²) >= 11 is 0. The topological polar surface area (TPSA) is 90.9 Å². The summed E-state index contributed by atoms with van der Waals surface area (Å²) in [5.41, 5.74) is 0.561. The second-order valence-corrected chi connectivity index (χ2v) is 3.38. The molecule has 0 unspecified atom stereocenters. The van der Waals surface area contributed by atoms with Crippen molar-refractivity contribution in [2.45, 2.75) is 0 Å². The summed E-state index contributed by atoms with van der Waals surface area (Å²) in [5, 5.41) is 23.0. The van der Waals surface area contributed by atoms with Crippen molar-refractivity contribution in [3.8, 4) is 11.8 Å². The van der Waals surface area contributed by atoms with Crippen LogP contribution in [0.15, 0.2) is 30.6 Å². The Bertz CT molecular complexity index is 645. The second kappa shape index (κ2) is 4.55. The third-order valence-corrected chi connectivity index (χ3v) is 2.16. The van der Waals surface area contributed by atoms with E-state index in [9.17, 15) is 9.18 Å². The van der Waals surface area contributed by atoms with E-state index in [1.54, 1.807) is 0 Å². The summed E-state index contributed by atoms with van der Waals surface area (Å²) < 4.78 is 14.9. The number of nitrogens with zero attached hydrogens (tertiary/aromatic N) is 3. The predicted octanol–water partition coefficient (Wildman–Crippen LogP) is 1.97. The number of carboxylic acid groups (broad SMARTS) is 1. The van der Waals surface area contributed by atoms with Gasteiger partial charge in [0.05, 0.1) is 11.8 Å². The van der Waals surface area contributed by atoms with Gasteiger partial charge in [-0.2, -0.15) is 10.4 Å². The standard InChI is InChI=1S/C11H7FN4O2/c12-9-3-8(15-11(17)18)1-2-10(9)16-6-7(4-13)5-14-16/h1-3,5-6,15H,(H,17,18). The molecular weight excluding hydrogens is 239 g/mol. The van der Waals surface area contributed by atoms with Crippen molar-refractivity contribution in [1.82, 2.24) is 9.78 Å². The minimum Gasteiger partial charge on any atom is -0.465 e. The molecule has 18 heavy (non-hydrogen) atoms. The number of hydrogen-bond donors (Lipinski definition) is 2. The molecule has 2 N–H and O–H groups in total. The summed E-state index contributed by atoms with van der Waals surface area (Å²) in [7, 11) is 0. The molecular formula is C11H7FN4O2. The van der Waals surface area contributed by atoms with Crippen LogP contribution in [-0.2, 0) is 0 Å². The molecule has 7 heteroatoms. The number of amides is 1. The van der Waals surface area contributed by atoms with Gasteiger partial charge < -0.3 is 5.11 Å². The lowest BCUT2D eigenvalue weighted by Crippen LogP contribution is -2.08. The van der Waals surface area contributed by atoms with E-state index in [1.807, 2.05) is 11.4 Å². The Morgan fingerprint density at radius 1 is 1.56 bits per heavy atom. The molecule has 0 aliphatic carbocycles. The Morgan fingerprint density at radius 3 is 2.89 bits per heavy atom. The monoisotopic (exact) mass is 246 g/mol. The molecule has 2 rings (SSSR count). The molecule has 1 amide bonds. The molecule has 0 bridgehead atoms. The SMILES string of the molecule is N#Cc1cnn(-c2ccc(NC(=O)O)cc2F)c1. The summed E-state index contributed by atoms with van der Waals surface area (Å²) in [6.45, 7) is 0. The van der Waals surface area contributed by atoms with Crippen LogP contribution >= 0.6 is 0 Å². The van der Waals surface area contributed by atoms with E-state index >= 15 is 0 Å². The van der Waals surface area contributed by atoms with E-state index < -0.39 is 11.9 Å². The van der Waals surface area contributed by atoms with Crippen molar-refractivity contribution in [2.75, 3.05) is 5.32 Å². The molecule has 0 radical (unpaired) electrons. The van der Waals surface area contributed by atoms with Crippen molar-refractivity contribution < 1.29 is 14.3 Å². The van der Waals surface area contributed by atoms with Crippen molar-refractivity contribution in [3.63, 3.8) is 0 Å². The molecule has 1 aromatic carbocycles. The van der Waals surface area contributed by atoms with E-state index in [1.165, 1.54) is 29.2 Å². The van der Waals surface area contributed by atoms with Crippen molar-refractivity contribution >= 4 is 11.8 Å². The number of carbonyl (C=O) groups is 1. The van der Waals surface area contributed by atoms with Crippen LogP contribution in [0, 0.1) is 17.1 Å². The normalized spacial score (nSPS) is 9.78. The fourth-order valence-electron chi connectivity index (χ4n) is 1.41. The van der Waals surface area contributed by atoms with E-state index in [-0.39, 0.29) is 11.4 Å². The maximum absolute atomic E-state index is 13.7. The van der Waals surface area contributed by atoms with Crippen LogP contribution in [0.25, 0.3) is 5.69 Å². The Balaban J connectivity index is 2.35.